The molecule has 3 aromatic rings. The lowest BCUT2D eigenvalue weighted by Crippen LogP contribution is -2.30. The molecule has 0 atom stereocenters. The molecule has 1 aliphatic heterocycles. The molecule has 2 heterocycles. The molecule has 0 saturated heterocycles. The van der Waals surface area contributed by atoms with E-state index >= 15 is 0 Å². The Morgan fingerprint density at radius 1 is 0.897 bits per heavy atom. The van der Waals surface area contributed by atoms with Crippen LogP contribution in [-0.2, 0) is 16.1 Å². The summed E-state index contributed by atoms with van der Waals surface area (Å²) in [5, 5.41) is 0. The van der Waals surface area contributed by atoms with Crippen LogP contribution in [0.25, 0.3) is 5.57 Å². The fourth-order valence-corrected chi connectivity index (χ4v) is 4.12. The standard InChI is InChI=1S/C23H18N2O3S/c1-28-18-9-7-17(8-10-18)20-21(29-19-5-3-2-4-6-19)23(27)25(22(20)26)15-16-11-13-24-14-12-16/h2-14H,15H2,1H3. The monoisotopic (exact) mass is 402 g/mol. The summed E-state index contributed by atoms with van der Waals surface area (Å²) in [6.45, 7) is 0.207. The Kier molecular flexibility index (Phi) is 5.44. The summed E-state index contributed by atoms with van der Waals surface area (Å²) in [6, 6.07) is 20.4. The number of rotatable bonds is 6. The van der Waals surface area contributed by atoms with Gasteiger partial charge >= 0.3 is 0 Å². The van der Waals surface area contributed by atoms with Crippen LogP contribution in [0.3, 0.4) is 0 Å². The number of pyridine rings is 1. The van der Waals surface area contributed by atoms with Crippen LogP contribution in [0.15, 0.2) is 88.9 Å². The van der Waals surface area contributed by atoms with Crippen molar-refractivity contribution in [1.82, 2.24) is 9.88 Å². The number of amides is 2. The Bertz CT molecular complexity index is 1060. The van der Waals surface area contributed by atoms with E-state index in [-0.39, 0.29) is 18.4 Å². The van der Waals surface area contributed by atoms with E-state index in [0.717, 1.165) is 10.5 Å². The van der Waals surface area contributed by atoms with Crippen molar-refractivity contribution in [2.45, 2.75) is 11.4 Å². The van der Waals surface area contributed by atoms with Gasteiger partial charge in [-0.3, -0.25) is 19.5 Å². The number of hydrogen-bond donors (Lipinski definition) is 0. The molecule has 2 aromatic carbocycles. The number of aromatic nitrogens is 1. The summed E-state index contributed by atoms with van der Waals surface area (Å²) in [5.41, 5.74) is 1.96. The molecule has 0 bridgehead atoms. The minimum absolute atomic E-state index is 0.207. The first kappa shape index (κ1) is 19.0. The number of carbonyl (C=O) groups excluding carboxylic acids is 2. The first-order valence-electron chi connectivity index (χ1n) is 9.04. The van der Waals surface area contributed by atoms with Crippen LogP contribution in [0.4, 0.5) is 0 Å². The van der Waals surface area contributed by atoms with Gasteiger partial charge in [0, 0.05) is 17.3 Å². The lowest BCUT2D eigenvalue weighted by Gasteiger charge is -2.15. The van der Waals surface area contributed by atoms with E-state index in [2.05, 4.69) is 4.98 Å². The van der Waals surface area contributed by atoms with Gasteiger partial charge in [-0.2, -0.15) is 0 Å². The lowest BCUT2D eigenvalue weighted by atomic mass is 10.1. The van der Waals surface area contributed by atoms with Crippen molar-refractivity contribution >= 4 is 29.1 Å². The maximum absolute atomic E-state index is 13.3. The smallest absolute Gasteiger partial charge is 0.268 e. The lowest BCUT2D eigenvalue weighted by molar-refractivity contribution is -0.137. The second kappa shape index (κ2) is 8.32. The maximum Gasteiger partial charge on any atom is 0.268 e. The minimum atomic E-state index is -0.296. The predicted molar refractivity (Wildman–Crippen MR) is 112 cm³/mol. The van der Waals surface area contributed by atoms with E-state index in [1.165, 1.54) is 16.7 Å². The van der Waals surface area contributed by atoms with Gasteiger partial charge in [0.05, 0.1) is 24.1 Å². The van der Waals surface area contributed by atoms with Crippen molar-refractivity contribution in [2.75, 3.05) is 7.11 Å². The summed E-state index contributed by atoms with van der Waals surface area (Å²) >= 11 is 1.31. The van der Waals surface area contributed by atoms with Gasteiger partial charge in [-0.15, -0.1) is 0 Å². The molecule has 1 aromatic heterocycles. The summed E-state index contributed by atoms with van der Waals surface area (Å²) < 4.78 is 5.21. The molecule has 5 nitrogen and oxygen atoms in total. The topological polar surface area (TPSA) is 59.5 Å². The first-order chi connectivity index (χ1) is 14.2. The zero-order valence-corrected chi connectivity index (χ0v) is 16.6. The Balaban J connectivity index is 1.73. The van der Waals surface area contributed by atoms with Crippen LogP contribution in [-0.4, -0.2) is 28.8 Å². The van der Waals surface area contributed by atoms with Gasteiger partial charge in [0.25, 0.3) is 11.8 Å². The molecule has 0 fully saturated rings. The summed E-state index contributed by atoms with van der Waals surface area (Å²) in [5.74, 6) is 0.110. The molecule has 0 aliphatic carbocycles. The molecule has 6 heteroatoms. The average molecular weight is 402 g/mol. The number of nitrogens with zero attached hydrogens (tertiary/aromatic N) is 2. The largest absolute Gasteiger partial charge is 0.497 e. The van der Waals surface area contributed by atoms with Gasteiger partial charge in [-0.05, 0) is 47.5 Å². The summed E-state index contributed by atoms with van der Waals surface area (Å²) in [6.07, 6.45) is 3.30. The summed E-state index contributed by atoms with van der Waals surface area (Å²) in [7, 11) is 1.59. The quantitative estimate of drug-likeness (QED) is 0.580. The third-order valence-corrected chi connectivity index (χ3v) is 5.65. The third kappa shape index (κ3) is 3.93. The molecular weight excluding hydrogens is 384 g/mol. The molecule has 144 valence electrons. The van der Waals surface area contributed by atoms with E-state index in [1.807, 2.05) is 30.3 Å². The van der Waals surface area contributed by atoms with Crippen molar-refractivity contribution < 1.29 is 14.3 Å². The fourth-order valence-electron chi connectivity index (χ4n) is 3.08. The van der Waals surface area contributed by atoms with Crippen LogP contribution in [0.5, 0.6) is 5.75 Å². The average Bonchev–Trinajstić information content (AvgIpc) is 2.99. The minimum Gasteiger partial charge on any atom is -0.497 e. The Morgan fingerprint density at radius 2 is 1.59 bits per heavy atom. The fraction of sp³-hybridized carbons (Fsp3) is 0.0870. The Morgan fingerprint density at radius 3 is 2.24 bits per heavy atom. The van der Waals surface area contributed by atoms with E-state index < -0.39 is 0 Å². The second-order valence-electron chi connectivity index (χ2n) is 6.40. The van der Waals surface area contributed by atoms with E-state index in [9.17, 15) is 9.59 Å². The molecule has 2 amide bonds. The highest BCUT2D eigenvalue weighted by Crippen LogP contribution is 2.40. The molecule has 0 radical (unpaired) electrons. The highest BCUT2D eigenvalue weighted by Gasteiger charge is 2.39. The maximum atomic E-state index is 13.3. The first-order valence-corrected chi connectivity index (χ1v) is 9.85. The third-order valence-electron chi connectivity index (χ3n) is 4.56. The van der Waals surface area contributed by atoms with Gasteiger partial charge in [-0.1, -0.05) is 42.1 Å². The zero-order valence-electron chi connectivity index (χ0n) is 15.7. The number of hydrogen-bond acceptors (Lipinski definition) is 5. The molecule has 4 rings (SSSR count). The van der Waals surface area contributed by atoms with Gasteiger partial charge in [-0.25, -0.2) is 0 Å². The highest BCUT2D eigenvalue weighted by molar-refractivity contribution is 8.04. The molecule has 29 heavy (non-hydrogen) atoms. The van der Waals surface area contributed by atoms with Gasteiger partial charge in [0.1, 0.15) is 5.75 Å². The Labute approximate surface area is 173 Å². The number of carbonyl (C=O) groups is 2. The highest BCUT2D eigenvalue weighted by atomic mass is 32.2. The van der Waals surface area contributed by atoms with E-state index in [1.54, 1.807) is 55.9 Å². The van der Waals surface area contributed by atoms with Gasteiger partial charge in [0.2, 0.25) is 0 Å². The van der Waals surface area contributed by atoms with Crippen LogP contribution in [0, 0.1) is 0 Å². The second-order valence-corrected chi connectivity index (χ2v) is 7.48. The van der Waals surface area contributed by atoms with Crippen molar-refractivity contribution in [1.29, 1.82) is 0 Å². The van der Waals surface area contributed by atoms with Crippen LogP contribution in [0.1, 0.15) is 11.1 Å². The predicted octanol–water partition coefficient (Wildman–Crippen LogP) is 4.16. The molecule has 0 unspecified atom stereocenters. The number of thioether (sulfide) groups is 1. The van der Waals surface area contributed by atoms with Crippen LogP contribution >= 0.6 is 11.8 Å². The molecule has 0 N–H and O–H groups in total. The Hall–Kier alpha value is -3.38. The van der Waals surface area contributed by atoms with Crippen molar-refractivity contribution in [3.63, 3.8) is 0 Å². The van der Waals surface area contributed by atoms with Gasteiger partial charge in [0.15, 0.2) is 0 Å². The number of imide groups is 1. The molecule has 1 aliphatic rings. The normalized spacial score (nSPS) is 13.9. The summed E-state index contributed by atoms with van der Waals surface area (Å²) in [4.78, 5) is 33.1. The van der Waals surface area contributed by atoms with Crippen molar-refractivity contribution in [3.05, 3.63) is 95.2 Å². The van der Waals surface area contributed by atoms with Gasteiger partial charge < -0.3 is 4.74 Å². The van der Waals surface area contributed by atoms with Crippen LogP contribution in [0.2, 0.25) is 0 Å². The SMILES string of the molecule is COc1ccc(C2=C(Sc3ccccc3)C(=O)N(Cc3ccncc3)C2=O)cc1. The number of ether oxygens (including phenoxy) is 1. The van der Waals surface area contributed by atoms with E-state index in [0.29, 0.717) is 21.8 Å². The number of methoxy groups -OCH3 is 1. The molecule has 0 spiro atoms. The molecule has 0 saturated carbocycles. The number of benzene rings is 2. The molecular formula is C23H18N2O3S. The van der Waals surface area contributed by atoms with Crippen molar-refractivity contribution in [3.8, 4) is 5.75 Å². The zero-order chi connectivity index (χ0) is 20.2. The van der Waals surface area contributed by atoms with Crippen LogP contribution < -0.4 is 4.74 Å². The van der Waals surface area contributed by atoms with E-state index in [4.69, 9.17) is 4.74 Å². The van der Waals surface area contributed by atoms with Crippen molar-refractivity contribution in [2.24, 2.45) is 0 Å².